The van der Waals surface area contributed by atoms with E-state index in [0.29, 0.717) is 0 Å². The molecular weight excluding hydrogens is 419 g/mol. The number of sulfone groups is 1. The van der Waals surface area contributed by atoms with Gasteiger partial charge < -0.3 is 0 Å². The zero-order chi connectivity index (χ0) is 21.4. The van der Waals surface area contributed by atoms with Crippen LogP contribution in [0.15, 0.2) is 12.1 Å². The third-order valence-corrected chi connectivity index (χ3v) is 7.14. The van der Waals surface area contributed by atoms with Crippen LogP contribution in [0.2, 0.25) is 0 Å². The first-order valence-corrected chi connectivity index (χ1v) is 10.8. The first kappa shape index (κ1) is 21.6. The van der Waals surface area contributed by atoms with E-state index in [1.165, 1.54) is 11.6 Å². The van der Waals surface area contributed by atoms with E-state index < -0.39 is 49.8 Å². The molecule has 1 saturated carbocycles. The highest BCUT2D eigenvalue weighted by atomic mass is 32.2. The molecule has 0 aliphatic heterocycles. The second-order valence-corrected chi connectivity index (χ2v) is 9.47. The lowest BCUT2D eigenvalue weighted by molar-refractivity contribution is -0.140. The Kier molecular flexibility index (Phi) is 5.93. The van der Waals surface area contributed by atoms with Crippen LogP contribution in [-0.4, -0.2) is 28.6 Å². The number of benzene rings is 1. The largest absolute Gasteiger partial charge is 0.419 e. The number of hydrogen-bond acceptors (Lipinski definition) is 5. The molecule has 1 aromatic heterocycles. The fraction of sp³-hybridized carbons (Fsp3) is 0.588. The second-order valence-electron chi connectivity index (χ2n) is 7.14. The Morgan fingerprint density at radius 1 is 1.14 bits per heavy atom. The van der Waals surface area contributed by atoms with E-state index >= 15 is 0 Å². The van der Waals surface area contributed by atoms with Gasteiger partial charge in [-0.15, -0.1) is 5.10 Å². The summed E-state index contributed by atoms with van der Waals surface area (Å²) in [5, 5.41) is 9.98. The maximum Gasteiger partial charge on any atom is 0.419 e. The number of rotatable bonds is 5. The lowest BCUT2D eigenvalue weighted by atomic mass is 9.95. The molecule has 12 heteroatoms. The van der Waals surface area contributed by atoms with Crippen LogP contribution in [-0.2, 0) is 21.8 Å². The Balaban J connectivity index is 1.87. The number of hydrogen-bond donors (Lipinski definition) is 0. The Hall–Kier alpha value is -2.11. The average molecular weight is 438 g/mol. The minimum atomic E-state index is -5.09. The summed E-state index contributed by atoms with van der Waals surface area (Å²) >= 11 is 0. The first-order valence-electron chi connectivity index (χ1n) is 9.05. The van der Waals surface area contributed by atoms with Gasteiger partial charge in [-0.25, -0.2) is 21.9 Å². The number of alkyl halides is 3. The summed E-state index contributed by atoms with van der Waals surface area (Å²) in [6.07, 6.45) is -0.506. The maximum atomic E-state index is 14.1. The molecule has 2 aromatic rings. The molecule has 1 aromatic carbocycles. The summed E-state index contributed by atoms with van der Waals surface area (Å²) in [4.78, 5) is 0. The van der Waals surface area contributed by atoms with E-state index in [-0.39, 0.29) is 24.0 Å². The highest BCUT2D eigenvalue weighted by Crippen LogP contribution is 2.35. The first-order chi connectivity index (χ1) is 13.5. The van der Waals surface area contributed by atoms with Crippen molar-refractivity contribution in [3.63, 3.8) is 0 Å². The predicted octanol–water partition coefficient (Wildman–Crippen LogP) is 4.15. The van der Waals surface area contributed by atoms with Gasteiger partial charge in [0.05, 0.1) is 17.4 Å². The molecule has 0 bridgehead atoms. The number of nitrogens with zero attached hydrogens (tertiary/aromatic N) is 4. The van der Waals surface area contributed by atoms with Crippen LogP contribution >= 0.6 is 0 Å². The maximum absolute atomic E-state index is 14.1. The minimum Gasteiger partial charge on any atom is -0.228 e. The molecule has 1 unspecified atom stereocenters. The van der Waals surface area contributed by atoms with Crippen molar-refractivity contribution in [3.8, 4) is 0 Å². The molecule has 160 valence electrons. The summed E-state index contributed by atoms with van der Waals surface area (Å²) in [6.45, 7) is 1.32. The van der Waals surface area contributed by atoms with Gasteiger partial charge in [-0.05, 0) is 42.3 Å². The van der Waals surface area contributed by atoms with E-state index in [0.717, 1.165) is 32.1 Å². The molecule has 0 saturated heterocycles. The van der Waals surface area contributed by atoms with E-state index in [1.807, 2.05) is 0 Å². The standard InChI is InChI=1S/C17H19F5N4O2S/c1-10(16-23-24-25-26(16)12-5-3-2-4-6-12)29(27,28)9-11-7-15(19)13(8-14(11)18)17(20,21)22/h7-8,10,12H,2-6,9H2,1H3. The fourth-order valence-electron chi connectivity index (χ4n) is 3.47. The quantitative estimate of drug-likeness (QED) is 0.656. The fourth-order valence-corrected chi connectivity index (χ4v) is 4.85. The molecule has 1 aliphatic carbocycles. The number of aromatic nitrogens is 4. The lowest BCUT2D eigenvalue weighted by Gasteiger charge is -2.23. The molecule has 0 radical (unpaired) electrons. The van der Waals surface area contributed by atoms with Crippen LogP contribution in [0.3, 0.4) is 0 Å². The van der Waals surface area contributed by atoms with Crippen molar-refractivity contribution >= 4 is 9.84 Å². The van der Waals surface area contributed by atoms with Gasteiger partial charge in [0.15, 0.2) is 15.7 Å². The van der Waals surface area contributed by atoms with Gasteiger partial charge >= 0.3 is 6.18 Å². The van der Waals surface area contributed by atoms with Gasteiger partial charge in [0, 0.05) is 5.56 Å². The van der Waals surface area contributed by atoms with Crippen molar-refractivity contribution in [2.45, 2.75) is 62.2 Å². The molecule has 1 atom stereocenters. The highest BCUT2D eigenvalue weighted by molar-refractivity contribution is 7.90. The normalized spacial score (nSPS) is 17.4. The summed E-state index contributed by atoms with van der Waals surface area (Å²) in [7, 11) is -4.14. The molecule has 0 spiro atoms. The summed E-state index contributed by atoms with van der Waals surface area (Å²) in [6, 6.07) is 0.190. The minimum absolute atomic E-state index is 0.0308. The van der Waals surface area contributed by atoms with Crippen LogP contribution in [0.1, 0.15) is 67.3 Å². The monoisotopic (exact) mass is 438 g/mol. The lowest BCUT2D eigenvalue weighted by Crippen LogP contribution is -2.22. The Bertz CT molecular complexity index is 984. The van der Waals surface area contributed by atoms with Crippen LogP contribution in [0, 0.1) is 11.6 Å². The van der Waals surface area contributed by atoms with Gasteiger partial charge in [0.25, 0.3) is 0 Å². The summed E-state index contributed by atoms with van der Waals surface area (Å²) < 4.78 is 92.9. The van der Waals surface area contributed by atoms with Gasteiger partial charge in [-0.1, -0.05) is 19.3 Å². The van der Waals surface area contributed by atoms with E-state index in [1.54, 1.807) is 0 Å². The van der Waals surface area contributed by atoms with Gasteiger partial charge in [-0.2, -0.15) is 13.2 Å². The topological polar surface area (TPSA) is 77.7 Å². The van der Waals surface area contributed by atoms with Gasteiger partial charge in [-0.3, -0.25) is 0 Å². The van der Waals surface area contributed by atoms with Crippen molar-refractivity contribution < 1.29 is 30.4 Å². The predicted molar refractivity (Wildman–Crippen MR) is 92.3 cm³/mol. The van der Waals surface area contributed by atoms with E-state index in [9.17, 15) is 30.4 Å². The Morgan fingerprint density at radius 3 is 2.41 bits per heavy atom. The number of halogens is 5. The van der Waals surface area contributed by atoms with Crippen molar-refractivity contribution in [2.75, 3.05) is 0 Å². The average Bonchev–Trinajstić information content (AvgIpc) is 3.13. The molecule has 1 aliphatic rings. The molecule has 0 amide bonds. The van der Waals surface area contributed by atoms with Crippen molar-refractivity contribution in [1.82, 2.24) is 20.2 Å². The van der Waals surface area contributed by atoms with Gasteiger partial charge in [0.1, 0.15) is 16.9 Å². The Morgan fingerprint density at radius 2 is 1.79 bits per heavy atom. The van der Waals surface area contributed by atoms with Crippen LogP contribution in [0.5, 0.6) is 0 Å². The zero-order valence-corrected chi connectivity index (χ0v) is 16.3. The number of tetrazole rings is 1. The SMILES string of the molecule is CC(c1nnnn1C1CCCCC1)S(=O)(=O)Cc1cc(F)c(C(F)(F)F)cc1F. The van der Waals surface area contributed by atoms with Crippen LogP contribution < -0.4 is 0 Å². The third-order valence-electron chi connectivity index (χ3n) is 5.14. The molecule has 29 heavy (non-hydrogen) atoms. The molecule has 6 nitrogen and oxygen atoms in total. The highest BCUT2D eigenvalue weighted by Gasteiger charge is 2.36. The molecule has 1 fully saturated rings. The van der Waals surface area contributed by atoms with Crippen molar-refractivity contribution in [1.29, 1.82) is 0 Å². The molecule has 0 N–H and O–H groups in total. The van der Waals surface area contributed by atoms with Gasteiger partial charge in [0.2, 0.25) is 0 Å². The third kappa shape index (κ3) is 4.57. The van der Waals surface area contributed by atoms with E-state index in [4.69, 9.17) is 0 Å². The second kappa shape index (κ2) is 7.96. The Labute approximate surface area is 164 Å². The van der Waals surface area contributed by atoms with Crippen LogP contribution in [0.25, 0.3) is 0 Å². The molecular formula is C17H19F5N4O2S. The summed E-state index contributed by atoms with van der Waals surface area (Å²) in [5.41, 5.74) is -2.47. The van der Waals surface area contributed by atoms with Crippen molar-refractivity contribution in [2.24, 2.45) is 0 Å². The van der Waals surface area contributed by atoms with Crippen molar-refractivity contribution in [3.05, 3.63) is 40.7 Å². The zero-order valence-electron chi connectivity index (χ0n) is 15.5. The summed E-state index contributed by atoms with van der Waals surface area (Å²) in [5.74, 6) is -4.08. The molecule has 1 heterocycles. The van der Waals surface area contributed by atoms with E-state index in [2.05, 4.69) is 15.5 Å². The smallest absolute Gasteiger partial charge is 0.228 e. The molecule has 3 rings (SSSR count). The van der Waals surface area contributed by atoms with Crippen LogP contribution in [0.4, 0.5) is 22.0 Å².